The Hall–Kier alpha value is -1.24. The molecule has 0 amide bonds. The summed E-state index contributed by atoms with van der Waals surface area (Å²) in [6.07, 6.45) is 1.55. The third kappa shape index (κ3) is 1.99. The van der Waals surface area contributed by atoms with Crippen LogP contribution in [0.25, 0.3) is 0 Å². The number of rotatable bonds is 4. The molecule has 2 aromatic rings. The van der Waals surface area contributed by atoms with Crippen LogP contribution in [-0.2, 0) is 19.4 Å². The van der Waals surface area contributed by atoms with Gasteiger partial charge in [0.25, 0.3) is 0 Å². The van der Waals surface area contributed by atoms with Gasteiger partial charge in [0.1, 0.15) is 0 Å². The number of aromatic nitrogens is 6. The van der Waals surface area contributed by atoms with E-state index in [1.807, 2.05) is 4.68 Å². The van der Waals surface area contributed by atoms with Crippen molar-refractivity contribution in [3.05, 3.63) is 21.7 Å². The molecule has 2 heterocycles. The highest BCUT2D eigenvalue weighted by molar-refractivity contribution is 9.10. The Morgan fingerprint density at radius 1 is 1.38 bits per heavy atom. The lowest BCUT2D eigenvalue weighted by molar-refractivity contribution is 0.617. The van der Waals surface area contributed by atoms with Crippen molar-refractivity contribution in [1.29, 1.82) is 0 Å². The normalized spacial score (nSPS) is 10.9. The fourth-order valence-electron chi connectivity index (χ4n) is 1.59. The molecule has 0 bridgehead atoms. The van der Waals surface area contributed by atoms with Crippen LogP contribution in [0.4, 0.5) is 0 Å². The zero-order chi connectivity index (χ0) is 11.5. The maximum Gasteiger partial charge on any atom is 0.180 e. The maximum absolute atomic E-state index is 4.51. The average molecular weight is 285 g/mol. The van der Waals surface area contributed by atoms with Crippen LogP contribution in [0, 0.1) is 0 Å². The van der Waals surface area contributed by atoms with Crippen LogP contribution in [0.15, 0.2) is 4.47 Å². The summed E-state index contributed by atoms with van der Waals surface area (Å²) in [5.41, 5.74) is 2.17. The summed E-state index contributed by atoms with van der Waals surface area (Å²) in [7, 11) is 0. The number of nitrogens with one attached hydrogen (secondary N) is 1. The van der Waals surface area contributed by atoms with E-state index in [0.29, 0.717) is 12.2 Å². The van der Waals surface area contributed by atoms with Crippen LogP contribution < -0.4 is 0 Å². The van der Waals surface area contributed by atoms with Crippen molar-refractivity contribution in [3.63, 3.8) is 0 Å². The van der Waals surface area contributed by atoms with Crippen molar-refractivity contribution in [3.8, 4) is 0 Å². The number of hydrogen-bond donors (Lipinski definition) is 1. The van der Waals surface area contributed by atoms with Gasteiger partial charge in [0.2, 0.25) is 0 Å². The molecular weight excluding hydrogens is 272 g/mol. The molecule has 7 heteroatoms. The van der Waals surface area contributed by atoms with Gasteiger partial charge in [0.15, 0.2) is 5.82 Å². The second kappa shape index (κ2) is 4.73. The fraction of sp³-hybridized carbons (Fsp3) is 0.556. The van der Waals surface area contributed by atoms with Crippen LogP contribution >= 0.6 is 15.9 Å². The highest BCUT2D eigenvalue weighted by atomic mass is 79.9. The molecule has 0 aliphatic heterocycles. The number of tetrazole rings is 1. The van der Waals surface area contributed by atoms with Gasteiger partial charge in [-0.05, 0) is 29.3 Å². The summed E-state index contributed by atoms with van der Waals surface area (Å²) in [6.45, 7) is 5.00. The van der Waals surface area contributed by atoms with E-state index in [1.54, 1.807) is 0 Å². The zero-order valence-corrected chi connectivity index (χ0v) is 10.8. The van der Waals surface area contributed by atoms with E-state index in [2.05, 4.69) is 55.5 Å². The summed E-state index contributed by atoms with van der Waals surface area (Å²) < 4.78 is 3.03. The second-order valence-corrected chi connectivity index (χ2v) is 4.17. The first-order valence-electron chi connectivity index (χ1n) is 5.22. The minimum Gasteiger partial charge on any atom is -0.268 e. The molecule has 0 saturated heterocycles. The molecule has 1 N–H and O–H groups in total. The standard InChI is InChI=1S/C9H13BrN6/c1-3-6-9(10)7(16(4-2)13-6)5-8-11-14-15-12-8/h3-5H2,1-2H3,(H,11,12,14,15). The monoisotopic (exact) mass is 284 g/mol. The molecule has 0 aliphatic carbocycles. The highest BCUT2D eigenvalue weighted by Crippen LogP contribution is 2.23. The van der Waals surface area contributed by atoms with E-state index in [9.17, 15) is 0 Å². The van der Waals surface area contributed by atoms with Gasteiger partial charge in [-0.2, -0.15) is 10.3 Å². The first kappa shape index (κ1) is 11.3. The van der Waals surface area contributed by atoms with Crippen molar-refractivity contribution < 1.29 is 0 Å². The van der Waals surface area contributed by atoms with Crippen LogP contribution in [0.2, 0.25) is 0 Å². The van der Waals surface area contributed by atoms with E-state index in [1.165, 1.54) is 0 Å². The average Bonchev–Trinajstić information content (AvgIpc) is 2.89. The molecule has 0 atom stereocenters. The van der Waals surface area contributed by atoms with Crippen molar-refractivity contribution in [2.45, 2.75) is 33.2 Å². The number of aromatic amines is 1. The summed E-state index contributed by atoms with van der Waals surface area (Å²) in [5, 5.41) is 18.4. The highest BCUT2D eigenvalue weighted by Gasteiger charge is 2.15. The van der Waals surface area contributed by atoms with Crippen molar-refractivity contribution in [2.24, 2.45) is 0 Å². The van der Waals surface area contributed by atoms with Gasteiger partial charge in [0, 0.05) is 6.54 Å². The molecule has 0 fully saturated rings. The number of nitrogens with zero attached hydrogens (tertiary/aromatic N) is 5. The predicted octanol–water partition coefficient (Wildman–Crippen LogP) is 1.33. The van der Waals surface area contributed by atoms with E-state index in [0.717, 1.165) is 28.8 Å². The fourth-order valence-corrected chi connectivity index (χ4v) is 2.30. The summed E-state index contributed by atoms with van der Waals surface area (Å²) in [5.74, 6) is 0.679. The molecule has 0 saturated carbocycles. The van der Waals surface area contributed by atoms with Gasteiger partial charge >= 0.3 is 0 Å². The second-order valence-electron chi connectivity index (χ2n) is 3.38. The van der Waals surface area contributed by atoms with Crippen molar-refractivity contribution in [1.82, 2.24) is 30.4 Å². The number of hydrogen-bond acceptors (Lipinski definition) is 4. The summed E-state index contributed by atoms with van der Waals surface area (Å²) in [6, 6.07) is 0. The van der Waals surface area contributed by atoms with Crippen LogP contribution in [0.1, 0.15) is 31.1 Å². The molecule has 6 nitrogen and oxygen atoms in total. The first-order valence-corrected chi connectivity index (χ1v) is 6.01. The maximum atomic E-state index is 4.51. The van der Waals surface area contributed by atoms with Gasteiger partial charge in [-0.25, -0.2) is 0 Å². The Morgan fingerprint density at radius 3 is 2.75 bits per heavy atom. The Labute approximate surface area is 102 Å². The molecular formula is C9H13BrN6. The topological polar surface area (TPSA) is 72.3 Å². The van der Waals surface area contributed by atoms with Gasteiger partial charge in [-0.1, -0.05) is 12.1 Å². The largest absolute Gasteiger partial charge is 0.268 e. The van der Waals surface area contributed by atoms with E-state index in [4.69, 9.17) is 0 Å². The Kier molecular flexibility index (Phi) is 3.33. The summed E-state index contributed by atoms with van der Waals surface area (Å²) in [4.78, 5) is 0. The third-order valence-electron chi connectivity index (χ3n) is 2.41. The Morgan fingerprint density at radius 2 is 2.19 bits per heavy atom. The van der Waals surface area contributed by atoms with Gasteiger partial charge < -0.3 is 0 Å². The van der Waals surface area contributed by atoms with Gasteiger partial charge in [-0.15, -0.1) is 10.2 Å². The lowest BCUT2D eigenvalue weighted by Gasteiger charge is -2.01. The molecule has 86 valence electrons. The Balaban J connectivity index is 2.35. The lowest BCUT2D eigenvalue weighted by Crippen LogP contribution is -2.04. The minimum absolute atomic E-state index is 0.637. The van der Waals surface area contributed by atoms with Gasteiger partial charge in [0.05, 0.1) is 22.3 Å². The molecule has 0 unspecified atom stereocenters. The molecule has 16 heavy (non-hydrogen) atoms. The van der Waals surface area contributed by atoms with Crippen molar-refractivity contribution >= 4 is 15.9 Å². The first-order chi connectivity index (χ1) is 7.76. The molecule has 0 aliphatic rings. The van der Waals surface area contributed by atoms with E-state index in [-0.39, 0.29) is 0 Å². The SMILES string of the molecule is CCc1nn(CC)c(Cc2nn[nH]n2)c1Br. The number of aryl methyl sites for hydroxylation is 2. The minimum atomic E-state index is 0.637. The third-order valence-corrected chi connectivity index (χ3v) is 3.32. The number of halogens is 1. The molecule has 0 aromatic carbocycles. The molecule has 2 rings (SSSR count). The van der Waals surface area contributed by atoms with Crippen molar-refractivity contribution in [2.75, 3.05) is 0 Å². The zero-order valence-electron chi connectivity index (χ0n) is 9.24. The van der Waals surface area contributed by atoms with Crippen LogP contribution in [0.3, 0.4) is 0 Å². The predicted molar refractivity (Wildman–Crippen MR) is 62.0 cm³/mol. The summed E-state index contributed by atoms with van der Waals surface area (Å²) >= 11 is 3.58. The molecule has 2 aromatic heterocycles. The van der Waals surface area contributed by atoms with Gasteiger partial charge in [-0.3, -0.25) is 4.68 Å². The van der Waals surface area contributed by atoms with E-state index >= 15 is 0 Å². The molecule has 0 radical (unpaired) electrons. The van der Waals surface area contributed by atoms with Crippen LogP contribution in [0.5, 0.6) is 0 Å². The quantitative estimate of drug-likeness (QED) is 0.920. The number of H-pyrrole nitrogens is 1. The Bertz CT molecular complexity index is 461. The smallest absolute Gasteiger partial charge is 0.180 e. The molecule has 0 spiro atoms. The van der Waals surface area contributed by atoms with Crippen LogP contribution in [-0.4, -0.2) is 30.4 Å². The van der Waals surface area contributed by atoms with E-state index < -0.39 is 0 Å². The lowest BCUT2D eigenvalue weighted by atomic mass is 10.2.